The zero-order chi connectivity index (χ0) is 23.8. The Bertz CT molecular complexity index is 873. The van der Waals surface area contributed by atoms with Crippen molar-refractivity contribution in [2.75, 3.05) is 13.2 Å². The predicted octanol–water partition coefficient (Wildman–Crippen LogP) is 4.90. The lowest BCUT2D eigenvalue weighted by molar-refractivity contribution is -0.121. The van der Waals surface area contributed by atoms with Crippen LogP contribution in [0.25, 0.3) is 0 Å². The number of amides is 1. The minimum Gasteiger partial charge on any atom is -0.396 e. The lowest BCUT2D eigenvalue weighted by atomic mass is 9.94. The van der Waals surface area contributed by atoms with Crippen molar-refractivity contribution in [2.45, 2.75) is 56.8 Å². The maximum Gasteiger partial charge on any atom is 0.294 e. The molecule has 2 aromatic carbocycles. The first-order valence-electron chi connectivity index (χ1n) is 10.9. The van der Waals surface area contributed by atoms with Crippen molar-refractivity contribution in [1.29, 1.82) is 0 Å². The van der Waals surface area contributed by atoms with E-state index in [1.54, 1.807) is 0 Å². The van der Waals surface area contributed by atoms with Gasteiger partial charge in [0.15, 0.2) is 0 Å². The number of aliphatic hydroxyl groups is 1. The Morgan fingerprint density at radius 2 is 1.69 bits per heavy atom. The summed E-state index contributed by atoms with van der Waals surface area (Å²) < 4.78 is 29.4. The molecule has 3 N–H and O–H groups in total. The number of unbranched alkanes of at least 4 members (excludes halogenated alkanes) is 1. The van der Waals surface area contributed by atoms with Crippen molar-refractivity contribution in [3.05, 3.63) is 65.2 Å². The van der Waals surface area contributed by atoms with Crippen LogP contribution in [-0.4, -0.2) is 37.1 Å². The topological polar surface area (TPSA) is 104 Å². The minimum absolute atomic E-state index is 0.130. The van der Waals surface area contributed by atoms with Crippen LogP contribution < -0.4 is 5.32 Å². The number of benzene rings is 2. The van der Waals surface area contributed by atoms with Crippen molar-refractivity contribution in [3.8, 4) is 0 Å². The van der Waals surface area contributed by atoms with Gasteiger partial charge in [-0.05, 0) is 55.0 Å². The van der Waals surface area contributed by atoms with E-state index in [2.05, 4.69) is 24.4 Å². The Balaban J connectivity index is 0.000000389. The molecule has 0 aliphatic rings. The summed E-state index contributed by atoms with van der Waals surface area (Å²) in [6.07, 6.45) is 6.63. The quantitative estimate of drug-likeness (QED) is 0.372. The summed E-state index contributed by atoms with van der Waals surface area (Å²) in [5.74, 6) is 0.611. The molecule has 6 nitrogen and oxygen atoms in total. The first-order valence-corrected chi connectivity index (χ1v) is 12.7. The van der Waals surface area contributed by atoms with Gasteiger partial charge in [0, 0.05) is 24.6 Å². The van der Waals surface area contributed by atoms with E-state index in [0.717, 1.165) is 25.7 Å². The van der Waals surface area contributed by atoms with E-state index in [4.69, 9.17) is 21.3 Å². The Morgan fingerprint density at radius 1 is 1.03 bits per heavy atom. The van der Waals surface area contributed by atoms with Gasteiger partial charge in [0.05, 0.1) is 4.90 Å². The number of rotatable bonds is 12. The smallest absolute Gasteiger partial charge is 0.294 e. The zero-order valence-electron chi connectivity index (χ0n) is 18.5. The van der Waals surface area contributed by atoms with Gasteiger partial charge < -0.3 is 10.4 Å². The molecule has 0 saturated carbocycles. The highest BCUT2D eigenvalue weighted by Crippen LogP contribution is 2.18. The number of halogens is 1. The fraction of sp³-hybridized carbons (Fsp3) is 0.458. The van der Waals surface area contributed by atoms with Crippen molar-refractivity contribution in [1.82, 2.24) is 5.32 Å². The summed E-state index contributed by atoms with van der Waals surface area (Å²) in [6, 6.07) is 15.4. The van der Waals surface area contributed by atoms with Gasteiger partial charge in [0.25, 0.3) is 10.1 Å². The van der Waals surface area contributed by atoms with Crippen molar-refractivity contribution in [3.63, 3.8) is 0 Å². The molecule has 0 saturated heterocycles. The molecule has 0 aromatic heterocycles. The number of carbonyl (C=O) groups is 1. The van der Waals surface area contributed by atoms with Gasteiger partial charge in [-0.2, -0.15) is 8.42 Å². The van der Waals surface area contributed by atoms with Gasteiger partial charge in [0.1, 0.15) is 0 Å². The molecule has 2 aromatic rings. The molecule has 8 heteroatoms. The number of aliphatic hydroxyl groups excluding tert-OH is 1. The fourth-order valence-electron chi connectivity index (χ4n) is 3.13. The average Bonchev–Trinajstić information content (AvgIpc) is 2.76. The molecule has 0 bridgehead atoms. The molecular formula is C24H34ClNO5S. The molecule has 0 aliphatic carbocycles. The zero-order valence-corrected chi connectivity index (χ0v) is 20.1. The second-order valence-corrected chi connectivity index (χ2v) is 9.43. The minimum atomic E-state index is -4.08. The molecule has 0 spiro atoms. The summed E-state index contributed by atoms with van der Waals surface area (Å²) >= 11 is 5.49. The molecule has 1 unspecified atom stereocenters. The van der Waals surface area contributed by atoms with Gasteiger partial charge in [0.2, 0.25) is 5.91 Å². The molecule has 0 aliphatic heterocycles. The lowest BCUT2D eigenvalue weighted by Gasteiger charge is -2.15. The van der Waals surface area contributed by atoms with E-state index in [1.807, 2.05) is 18.2 Å². The van der Waals surface area contributed by atoms with Gasteiger partial charge in [-0.3, -0.25) is 9.35 Å². The third-order valence-electron chi connectivity index (χ3n) is 4.97. The van der Waals surface area contributed by atoms with E-state index in [9.17, 15) is 13.2 Å². The fourth-order valence-corrected chi connectivity index (χ4v) is 3.74. The summed E-state index contributed by atoms with van der Waals surface area (Å²) in [6.45, 7) is 3.10. The highest BCUT2D eigenvalue weighted by atomic mass is 35.5. The van der Waals surface area contributed by atoms with Crippen LogP contribution >= 0.6 is 11.6 Å². The highest BCUT2D eigenvalue weighted by Gasteiger charge is 2.10. The molecule has 2 rings (SSSR count). The molecule has 0 fully saturated rings. The molecule has 1 atom stereocenters. The molecule has 32 heavy (non-hydrogen) atoms. The Kier molecular flexibility index (Phi) is 13.9. The molecule has 1 amide bonds. The maximum atomic E-state index is 11.8. The Labute approximate surface area is 196 Å². The van der Waals surface area contributed by atoms with Crippen LogP contribution in [0.5, 0.6) is 0 Å². The molecule has 178 valence electrons. The Hall–Kier alpha value is -1.93. The summed E-state index contributed by atoms with van der Waals surface area (Å²) in [5.41, 5.74) is 1.25. The molecule has 0 radical (unpaired) electrons. The van der Waals surface area contributed by atoms with Gasteiger partial charge in [-0.15, -0.1) is 0 Å². The monoisotopic (exact) mass is 483 g/mol. The van der Waals surface area contributed by atoms with E-state index in [-0.39, 0.29) is 17.4 Å². The van der Waals surface area contributed by atoms with Crippen LogP contribution in [0.2, 0.25) is 5.02 Å². The Morgan fingerprint density at radius 3 is 2.25 bits per heavy atom. The predicted molar refractivity (Wildman–Crippen MR) is 128 cm³/mol. The lowest BCUT2D eigenvalue weighted by Crippen LogP contribution is -2.26. The number of carbonyl (C=O) groups excluding carboxylic acids is 1. The molecular weight excluding hydrogens is 450 g/mol. The second-order valence-electron chi connectivity index (χ2n) is 7.57. The number of hydrogen-bond acceptors (Lipinski definition) is 4. The van der Waals surface area contributed by atoms with Crippen molar-refractivity contribution < 1.29 is 22.9 Å². The van der Waals surface area contributed by atoms with E-state index >= 15 is 0 Å². The van der Waals surface area contributed by atoms with E-state index in [0.29, 0.717) is 23.9 Å². The number of nitrogens with one attached hydrogen (secondary N) is 1. The first-order chi connectivity index (χ1) is 15.3. The summed E-state index contributed by atoms with van der Waals surface area (Å²) in [7, 11) is -4.08. The van der Waals surface area contributed by atoms with Gasteiger partial charge in [-0.1, -0.05) is 68.1 Å². The normalized spacial score (nSPS) is 11.9. The van der Waals surface area contributed by atoms with Crippen molar-refractivity contribution >= 4 is 27.6 Å². The number of hydrogen-bond donors (Lipinski definition) is 3. The largest absolute Gasteiger partial charge is 0.396 e. The average molecular weight is 484 g/mol. The van der Waals surface area contributed by atoms with Crippen LogP contribution in [0.15, 0.2) is 59.5 Å². The third-order valence-corrected chi connectivity index (χ3v) is 6.09. The van der Waals surface area contributed by atoms with Crippen molar-refractivity contribution in [2.24, 2.45) is 5.92 Å². The first kappa shape index (κ1) is 28.1. The van der Waals surface area contributed by atoms with E-state index < -0.39 is 10.1 Å². The SMILES string of the molecule is CCCCC(CCO)CCC(=O)NCCc1ccccc1.O=S(=O)(O)c1ccc(Cl)cc1. The maximum absolute atomic E-state index is 11.8. The van der Waals surface area contributed by atoms with Crippen LogP contribution in [0.3, 0.4) is 0 Å². The van der Waals surface area contributed by atoms with Gasteiger partial charge >= 0.3 is 0 Å². The summed E-state index contributed by atoms with van der Waals surface area (Å²) in [5, 5.41) is 12.5. The standard InChI is InChI=1S/C18H29NO2.C6H5ClO3S/c1-2-3-7-17(13-15-20)10-11-18(21)19-14-12-16-8-5-4-6-9-16;7-5-1-3-6(4-2-5)11(8,9)10/h4-6,8-9,17,20H,2-3,7,10-15H2,1H3,(H,19,21);1-4H,(H,8,9,10). The van der Waals surface area contributed by atoms with Crippen LogP contribution in [0.1, 0.15) is 51.0 Å². The summed E-state index contributed by atoms with van der Waals surface area (Å²) in [4.78, 5) is 11.7. The van der Waals surface area contributed by atoms with Crippen LogP contribution in [0.4, 0.5) is 0 Å². The van der Waals surface area contributed by atoms with E-state index in [1.165, 1.54) is 42.7 Å². The van der Waals surface area contributed by atoms with Crippen LogP contribution in [-0.2, 0) is 21.3 Å². The highest BCUT2D eigenvalue weighted by molar-refractivity contribution is 7.85. The third kappa shape index (κ3) is 12.8. The van der Waals surface area contributed by atoms with Crippen LogP contribution in [0, 0.1) is 5.92 Å². The second kappa shape index (κ2) is 15.8. The molecule has 0 heterocycles. The van der Waals surface area contributed by atoms with Gasteiger partial charge in [-0.25, -0.2) is 0 Å².